The standard InChI is InChI=1S/C14H13ClO3/c15-13-3-1-10(2-4-13)7-12(14(16)17)8-11-5-6-18-9-11/h1-6,9,12H,7-8H2,(H,16,17). The molecule has 0 radical (unpaired) electrons. The van der Waals surface area contributed by atoms with Gasteiger partial charge in [-0.25, -0.2) is 0 Å². The van der Waals surface area contributed by atoms with Gasteiger partial charge in [0.25, 0.3) is 0 Å². The van der Waals surface area contributed by atoms with Gasteiger partial charge in [0.1, 0.15) is 0 Å². The molecule has 0 bridgehead atoms. The summed E-state index contributed by atoms with van der Waals surface area (Å²) in [7, 11) is 0. The molecule has 94 valence electrons. The number of carboxylic acids is 1. The first kappa shape index (κ1) is 12.7. The van der Waals surface area contributed by atoms with Crippen LogP contribution in [0.25, 0.3) is 0 Å². The Balaban J connectivity index is 2.06. The Hall–Kier alpha value is -1.74. The van der Waals surface area contributed by atoms with Crippen molar-refractivity contribution < 1.29 is 14.3 Å². The zero-order valence-corrected chi connectivity index (χ0v) is 10.4. The molecule has 4 heteroatoms. The second-order valence-corrected chi connectivity index (χ2v) is 4.64. The van der Waals surface area contributed by atoms with Gasteiger partial charge in [0.15, 0.2) is 0 Å². The molecule has 0 aliphatic heterocycles. The average molecular weight is 265 g/mol. The van der Waals surface area contributed by atoms with Crippen molar-refractivity contribution in [2.75, 3.05) is 0 Å². The fourth-order valence-corrected chi connectivity index (χ4v) is 1.97. The molecule has 1 aromatic heterocycles. The van der Waals surface area contributed by atoms with Crippen LogP contribution in [0.2, 0.25) is 5.02 Å². The second-order valence-electron chi connectivity index (χ2n) is 4.20. The Morgan fingerprint density at radius 3 is 2.39 bits per heavy atom. The van der Waals surface area contributed by atoms with Gasteiger partial charge >= 0.3 is 5.97 Å². The zero-order chi connectivity index (χ0) is 13.0. The molecular weight excluding hydrogens is 252 g/mol. The molecule has 1 aromatic carbocycles. The summed E-state index contributed by atoms with van der Waals surface area (Å²) in [6.07, 6.45) is 4.08. The van der Waals surface area contributed by atoms with Crippen molar-refractivity contribution in [3.63, 3.8) is 0 Å². The van der Waals surface area contributed by atoms with E-state index in [1.165, 1.54) is 0 Å². The molecule has 0 aliphatic rings. The van der Waals surface area contributed by atoms with Crippen LogP contribution in [0.4, 0.5) is 0 Å². The van der Waals surface area contributed by atoms with E-state index in [9.17, 15) is 9.90 Å². The van der Waals surface area contributed by atoms with Crippen molar-refractivity contribution in [2.24, 2.45) is 5.92 Å². The molecule has 2 aromatic rings. The van der Waals surface area contributed by atoms with Crippen molar-refractivity contribution in [3.05, 3.63) is 59.0 Å². The maximum Gasteiger partial charge on any atom is 0.307 e. The highest BCUT2D eigenvalue weighted by atomic mass is 35.5. The minimum absolute atomic E-state index is 0.455. The molecule has 0 amide bonds. The lowest BCUT2D eigenvalue weighted by Crippen LogP contribution is -2.18. The molecule has 0 fully saturated rings. The Labute approximate surface area is 110 Å². The first-order valence-electron chi connectivity index (χ1n) is 5.63. The summed E-state index contributed by atoms with van der Waals surface area (Å²) in [5.74, 6) is -1.25. The minimum Gasteiger partial charge on any atom is -0.481 e. The van der Waals surface area contributed by atoms with Gasteiger partial charge in [-0.2, -0.15) is 0 Å². The van der Waals surface area contributed by atoms with E-state index in [2.05, 4.69) is 0 Å². The molecule has 0 spiro atoms. The lowest BCUT2D eigenvalue weighted by molar-refractivity contribution is -0.141. The van der Waals surface area contributed by atoms with Crippen LogP contribution >= 0.6 is 11.6 Å². The fraction of sp³-hybridized carbons (Fsp3) is 0.214. The largest absolute Gasteiger partial charge is 0.481 e. The highest BCUT2D eigenvalue weighted by molar-refractivity contribution is 6.30. The van der Waals surface area contributed by atoms with Crippen LogP contribution in [-0.2, 0) is 17.6 Å². The zero-order valence-electron chi connectivity index (χ0n) is 9.67. The number of halogens is 1. The van der Waals surface area contributed by atoms with Gasteiger partial charge in [-0.15, -0.1) is 0 Å². The Kier molecular flexibility index (Phi) is 4.05. The normalized spacial score (nSPS) is 12.3. The predicted molar refractivity (Wildman–Crippen MR) is 68.7 cm³/mol. The number of hydrogen-bond acceptors (Lipinski definition) is 2. The van der Waals surface area contributed by atoms with Crippen molar-refractivity contribution in [1.29, 1.82) is 0 Å². The topological polar surface area (TPSA) is 50.4 Å². The van der Waals surface area contributed by atoms with Gasteiger partial charge in [0.05, 0.1) is 18.4 Å². The Morgan fingerprint density at radius 1 is 1.17 bits per heavy atom. The van der Waals surface area contributed by atoms with Gasteiger partial charge in [0.2, 0.25) is 0 Å². The van der Waals surface area contributed by atoms with Crippen molar-refractivity contribution in [1.82, 2.24) is 0 Å². The molecule has 3 nitrogen and oxygen atoms in total. The van der Waals surface area contributed by atoms with E-state index < -0.39 is 11.9 Å². The summed E-state index contributed by atoms with van der Waals surface area (Å²) in [6, 6.07) is 9.04. The molecule has 18 heavy (non-hydrogen) atoms. The predicted octanol–water partition coefficient (Wildman–Crippen LogP) is 3.42. The fourth-order valence-electron chi connectivity index (χ4n) is 1.85. The van der Waals surface area contributed by atoms with Crippen LogP contribution in [0.5, 0.6) is 0 Å². The van der Waals surface area contributed by atoms with Crippen LogP contribution in [0.3, 0.4) is 0 Å². The van der Waals surface area contributed by atoms with E-state index in [4.69, 9.17) is 16.0 Å². The SMILES string of the molecule is O=C(O)C(Cc1ccc(Cl)cc1)Cc1ccoc1. The Morgan fingerprint density at radius 2 is 1.83 bits per heavy atom. The van der Waals surface area contributed by atoms with Gasteiger partial charge in [-0.1, -0.05) is 23.7 Å². The van der Waals surface area contributed by atoms with E-state index in [1.54, 1.807) is 30.7 Å². The molecule has 0 saturated carbocycles. The third kappa shape index (κ3) is 3.37. The number of rotatable bonds is 5. The summed E-state index contributed by atoms with van der Waals surface area (Å²) >= 11 is 5.80. The van der Waals surface area contributed by atoms with E-state index in [-0.39, 0.29) is 0 Å². The van der Waals surface area contributed by atoms with Crippen molar-refractivity contribution in [2.45, 2.75) is 12.8 Å². The molecule has 1 N–H and O–H groups in total. The number of aliphatic carboxylic acids is 1. The van der Waals surface area contributed by atoms with E-state index >= 15 is 0 Å². The van der Waals surface area contributed by atoms with Gasteiger partial charge in [-0.05, 0) is 42.2 Å². The van der Waals surface area contributed by atoms with Crippen LogP contribution in [-0.4, -0.2) is 11.1 Å². The monoisotopic (exact) mass is 264 g/mol. The van der Waals surface area contributed by atoms with Gasteiger partial charge < -0.3 is 9.52 Å². The number of carboxylic acid groups (broad SMARTS) is 1. The third-order valence-corrected chi connectivity index (χ3v) is 3.06. The molecule has 1 heterocycles. The van der Waals surface area contributed by atoms with Gasteiger partial charge in [0, 0.05) is 5.02 Å². The van der Waals surface area contributed by atoms with Crippen LogP contribution < -0.4 is 0 Å². The van der Waals surface area contributed by atoms with Crippen LogP contribution in [0, 0.1) is 5.92 Å². The third-order valence-electron chi connectivity index (χ3n) is 2.81. The lowest BCUT2D eigenvalue weighted by Gasteiger charge is -2.11. The molecule has 2 rings (SSSR count). The average Bonchev–Trinajstić information content (AvgIpc) is 2.84. The lowest BCUT2D eigenvalue weighted by atomic mass is 9.94. The number of carbonyl (C=O) groups is 1. The van der Waals surface area contributed by atoms with E-state index in [1.807, 2.05) is 12.1 Å². The summed E-state index contributed by atoms with van der Waals surface area (Å²) in [5.41, 5.74) is 1.87. The van der Waals surface area contributed by atoms with Crippen molar-refractivity contribution in [3.8, 4) is 0 Å². The van der Waals surface area contributed by atoms with Gasteiger partial charge in [-0.3, -0.25) is 4.79 Å². The maximum atomic E-state index is 11.2. The molecule has 1 atom stereocenters. The van der Waals surface area contributed by atoms with Crippen LogP contribution in [0.15, 0.2) is 47.3 Å². The van der Waals surface area contributed by atoms with Crippen LogP contribution in [0.1, 0.15) is 11.1 Å². The number of hydrogen-bond donors (Lipinski definition) is 1. The summed E-state index contributed by atoms with van der Waals surface area (Å²) in [5, 5.41) is 9.88. The first-order valence-corrected chi connectivity index (χ1v) is 6.01. The molecular formula is C14H13ClO3. The first-order chi connectivity index (χ1) is 8.65. The van der Waals surface area contributed by atoms with E-state index in [0.717, 1.165) is 11.1 Å². The molecule has 0 saturated heterocycles. The number of furan rings is 1. The second kappa shape index (κ2) is 5.74. The highest BCUT2D eigenvalue weighted by Gasteiger charge is 2.19. The maximum absolute atomic E-state index is 11.2. The van der Waals surface area contributed by atoms with Crippen molar-refractivity contribution >= 4 is 17.6 Å². The number of benzene rings is 1. The smallest absolute Gasteiger partial charge is 0.307 e. The Bertz CT molecular complexity index is 502. The molecule has 0 aliphatic carbocycles. The summed E-state index contributed by atoms with van der Waals surface area (Å²) in [4.78, 5) is 11.2. The minimum atomic E-state index is -0.800. The van der Waals surface area contributed by atoms with E-state index in [0.29, 0.717) is 17.9 Å². The quantitative estimate of drug-likeness (QED) is 0.900. The highest BCUT2D eigenvalue weighted by Crippen LogP contribution is 2.17. The molecule has 1 unspecified atom stereocenters. The summed E-state index contributed by atoms with van der Waals surface area (Å²) < 4.78 is 4.95. The summed E-state index contributed by atoms with van der Waals surface area (Å²) in [6.45, 7) is 0.